The molecule has 105 heavy (non-hydrogen) atoms. The number of carbonyl (C=O) groups is 22. The second kappa shape index (κ2) is 51.9. The maximum atomic E-state index is 13.6. The van der Waals surface area contributed by atoms with Gasteiger partial charge < -0.3 is 145 Å². The molecule has 0 aromatic rings. The minimum Gasteiger partial charge on any atom is -0.481 e. The maximum Gasteiger partial charge on any atom is 0.322 e. The van der Waals surface area contributed by atoms with Crippen molar-refractivity contribution in [2.75, 3.05) is 105 Å². The lowest BCUT2D eigenvalue weighted by Crippen LogP contribution is -2.56. The number of rotatable bonds is 53. The predicted molar refractivity (Wildman–Crippen MR) is 351 cm³/mol. The molecule has 0 bridgehead atoms. The Morgan fingerprint density at radius 1 is 0.267 bits per heavy atom. The smallest absolute Gasteiger partial charge is 0.322 e. The van der Waals surface area contributed by atoms with Crippen molar-refractivity contribution >= 4 is 142 Å². The van der Waals surface area contributed by atoms with Crippen molar-refractivity contribution in [1.29, 1.82) is 10.8 Å². The molecule has 51 nitrogen and oxygen atoms in total. The van der Waals surface area contributed by atoms with Crippen molar-refractivity contribution in [2.24, 2.45) is 22.9 Å². The van der Waals surface area contributed by atoms with Gasteiger partial charge >= 0.3 is 17.9 Å². The van der Waals surface area contributed by atoms with E-state index >= 15 is 0 Å². The van der Waals surface area contributed by atoms with E-state index in [-0.39, 0.29) is 38.8 Å². The van der Waals surface area contributed by atoms with Gasteiger partial charge in [-0.25, -0.2) is 0 Å². The van der Waals surface area contributed by atoms with Crippen LogP contribution in [0.15, 0.2) is 0 Å². The van der Waals surface area contributed by atoms with Gasteiger partial charge in [0, 0.05) is 25.9 Å². The summed E-state index contributed by atoms with van der Waals surface area (Å²) in [5.41, 5.74) is 21.0. The molecule has 0 aliphatic rings. The monoisotopic (exact) mass is 1500 g/mol. The zero-order valence-electron chi connectivity index (χ0n) is 56.2. The zero-order valence-corrected chi connectivity index (χ0v) is 56.2. The highest BCUT2D eigenvalue weighted by Crippen LogP contribution is 2.05. The van der Waals surface area contributed by atoms with Crippen molar-refractivity contribution in [3.63, 3.8) is 0 Å². The van der Waals surface area contributed by atoms with Crippen LogP contribution in [-0.4, -0.2) is 292 Å². The molecular formula is C54H88N26O25. The van der Waals surface area contributed by atoms with E-state index in [1.165, 1.54) is 0 Å². The van der Waals surface area contributed by atoms with Gasteiger partial charge in [-0.2, -0.15) is 0 Å². The molecular weight excluding hydrogens is 1410 g/mol. The zero-order chi connectivity index (χ0) is 79.6. The Kier molecular flexibility index (Phi) is 45.4. The summed E-state index contributed by atoms with van der Waals surface area (Å²) in [5, 5.41) is 85.6. The minimum atomic E-state index is -1.71. The summed E-state index contributed by atoms with van der Waals surface area (Å²) >= 11 is 0. The van der Waals surface area contributed by atoms with Crippen LogP contribution in [0.3, 0.4) is 0 Å². The summed E-state index contributed by atoms with van der Waals surface area (Å²) in [6.45, 7) is -10.4. The number of carbonyl (C=O) groups excluding carboxylic acids is 19. The van der Waals surface area contributed by atoms with E-state index in [0.717, 1.165) is 0 Å². The van der Waals surface area contributed by atoms with E-state index in [4.69, 9.17) is 38.9 Å². The fourth-order valence-electron chi connectivity index (χ4n) is 7.65. The van der Waals surface area contributed by atoms with E-state index in [9.17, 15) is 116 Å². The van der Waals surface area contributed by atoms with E-state index in [2.05, 4.69) is 101 Å². The molecule has 51 heteroatoms. The summed E-state index contributed by atoms with van der Waals surface area (Å²) in [4.78, 5) is 271. The van der Waals surface area contributed by atoms with Gasteiger partial charge in [0.05, 0.1) is 91.5 Å². The van der Waals surface area contributed by atoms with E-state index in [1.54, 1.807) is 0 Å². The van der Waals surface area contributed by atoms with Gasteiger partial charge in [0.25, 0.3) is 0 Å². The minimum absolute atomic E-state index is 0.00597. The molecule has 0 saturated carbocycles. The Balaban J connectivity index is 5.44. The number of hydrogen-bond donors (Lipinski definition) is 29. The number of carboxylic acid groups (broad SMARTS) is 3. The van der Waals surface area contributed by atoms with Gasteiger partial charge in [0.15, 0.2) is 11.9 Å². The van der Waals surface area contributed by atoms with Crippen LogP contribution in [0.4, 0.5) is 0 Å². The number of aliphatic carboxylic acids is 3. The summed E-state index contributed by atoms with van der Waals surface area (Å²) in [6, 6.07) is -7.96. The van der Waals surface area contributed by atoms with Gasteiger partial charge in [0.1, 0.15) is 36.8 Å². The van der Waals surface area contributed by atoms with Crippen molar-refractivity contribution in [1.82, 2.24) is 106 Å². The van der Waals surface area contributed by atoms with Gasteiger partial charge in [-0.3, -0.25) is 116 Å². The summed E-state index contributed by atoms with van der Waals surface area (Å²) < 4.78 is 0. The molecule has 5 atom stereocenters. The van der Waals surface area contributed by atoms with Crippen molar-refractivity contribution in [3.05, 3.63) is 0 Å². The standard InChI is InChI=1S/C54H88N26O25/c55-12-32(82)63-22-42(92)76-27(4-2-10-62-54(59)60)51(104)80-28(5-7-45(95)96)49(102)74-20-40(90)69-17-37(87)70-23-43(93)77-29(6-8-46(97)98)52(105)79-26(3-1-9-61-53(57)58)48(101)73-19-39(89)67-14-35(85)65-16-36(86)71-24-44(94)78-30(11-31(56)81)50(103)75-21-41(91)68-15-34(84)64-13-33(83)66-18-38(88)72-25-47(99)100/h26-30H,1-25,55H2,(H2,56,81)(H,63,82)(H,64,84)(H,65,85)(H,66,83)(H,67,89)(H,68,91)(H,69,90)(H,70,87)(H,71,86)(H,72,88)(H,73,101)(H,74,102)(H,75,103)(H,76,92)(H,77,93)(H,78,94)(H,79,105)(H,80,104)(H,95,96)(H,97,98)(H,99,100)(H4,57,58,61)(H4,59,60,62)/t26-,27-,28-,29-,30-/m0/s1. The molecule has 0 rings (SSSR count). The molecule has 584 valence electrons. The highest BCUT2D eigenvalue weighted by molar-refractivity contribution is 5.99. The Bertz CT molecular complexity index is 3190. The molecule has 19 amide bonds. The first-order valence-electron chi connectivity index (χ1n) is 31.2. The predicted octanol–water partition coefficient (Wildman–Crippen LogP) is -17.9. The molecule has 0 unspecified atom stereocenters. The van der Waals surface area contributed by atoms with Crippen LogP contribution >= 0.6 is 0 Å². The summed E-state index contributed by atoms with van der Waals surface area (Å²) in [7, 11) is 0. The van der Waals surface area contributed by atoms with Crippen molar-refractivity contribution in [2.45, 2.75) is 88.0 Å². The molecule has 0 fully saturated rings. The fourth-order valence-corrected chi connectivity index (χ4v) is 7.65. The third-order valence-electron chi connectivity index (χ3n) is 12.8. The number of carboxylic acids is 3. The molecule has 0 aromatic carbocycles. The highest BCUT2D eigenvalue weighted by atomic mass is 16.4. The number of guanidine groups is 2. The van der Waals surface area contributed by atoms with Crippen LogP contribution in [0.5, 0.6) is 0 Å². The topological polar surface area (TPSA) is 829 Å². The van der Waals surface area contributed by atoms with Crippen LogP contribution in [0.2, 0.25) is 0 Å². The summed E-state index contributed by atoms with van der Waals surface area (Å²) in [5.74, 6) is -23.8. The number of hydrogen-bond acceptors (Lipinski definition) is 25. The molecule has 0 spiro atoms. The fraction of sp³-hybridized carbons (Fsp3) is 0.556. The lowest BCUT2D eigenvalue weighted by molar-refractivity contribution is -0.139. The molecule has 0 aromatic heterocycles. The molecule has 0 aliphatic carbocycles. The molecule has 0 saturated heterocycles. The van der Waals surface area contributed by atoms with Crippen LogP contribution in [0.25, 0.3) is 0 Å². The molecule has 0 aliphatic heterocycles. The number of amides is 19. The van der Waals surface area contributed by atoms with Crippen LogP contribution in [-0.2, 0) is 105 Å². The maximum absolute atomic E-state index is 13.6. The first-order chi connectivity index (χ1) is 49.4. The Hall–Kier alpha value is -13.2. The highest BCUT2D eigenvalue weighted by Gasteiger charge is 2.31. The van der Waals surface area contributed by atoms with E-state index in [0.29, 0.717) is 0 Å². The number of primary amides is 1. The number of nitrogens with one attached hydrogen (secondary N) is 22. The van der Waals surface area contributed by atoms with Gasteiger partial charge in [0.2, 0.25) is 112 Å². The molecule has 0 radical (unpaired) electrons. The summed E-state index contributed by atoms with van der Waals surface area (Å²) in [6.07, 6.45) is -3.58. The lowest BCUT2D eigenvalue weighted by Gasteiger charge is -2.23. The Morgan fingerprint density at radius 3 is 0.781 bits per heavy atom. The number of nitrogens with two attached hydrogens (primary N) is 4. The van der Waals surface area contributed by atoms with Gasteiger partial charge in [-0.15, -0.1) is 0 Å². The van der Waals surface area contributed by atoms with Crippen LogP contribution in [0.1, 0.15) is 57.8 Å². The van der Waals surface area contributed by atoms with Crippen molar-refractivity contribution < 1.29 is 121 Å². The van der Waals surface area contributed by atoms with Gasteiger partial charge in [-0.1, -0.05) is 0 Å². The van der Waals surface area contributed by atoms with Crippen LogP contribution < -0.4 is 129 Å². The Morgan fingerprint density at radius 2 is 0.505 bits per heavy atom. The van der Waals surface area contributed by atoms with E-state index < -0.39 is 296 Å². The Labute approximate surface area is 594 Å². The first kappa shape index (κ1) is 91.8. The quantitative estimate of drug-likeness (QED) is 0.0153. The first-order valence-corrected chi connectivity index (χ1v) is 31.2. The third-order valence-corrected chi connectivity index (χ3v) is 12.8. The molecule has 0 heterocycles. The largest absolute Gasteiger partial charge is 0.481 e. The average Bonchev–Trinajstić information content (AvgIpc) is 0.890. The SMILES string of the molecule is N=C(N)NCCC[C@H](NC(=O)CNC(=O)CN)C(=O)N[C@@H](CCC(=O)O)C(=O)NCC(=O)NCC(=O)NCC(=O)N[C@@H](CCC(=O)O)C(=O)N[C@@H](CCCNC(=N)N)C(=O)NCC(=O)NCC(=O)NCC(=O)NCC(=O)N[C@@H](CC(N)=O)C(=O)NCC(=O)NCC(=O)NCC(=O)NCC(=O)NCC(=O)O. The second-order valence-corrected chi connectivity index (χ2v) is 21.5. The lowest BCUT2D eigenvalue weighted by atomic mass is 10.1. The third kappa shape index (κ3) is 48.3. The van der Waals surface area contributed by atoms with E-state index in [1.807, 2.05) is 5.32 Å². The normalized spacial score (nSPS) is 11.7. The average molecular weight is 1500 g/mol. The van der Waals surface area contributed by atoms with Crippen LogP contribution in [0, 0.1) is 10.8 Å². The van der Waals surface area contributed by atoms with Gasteiger partial charge in [-0.05, 0) is 38.5 Å². The second-order valence-electron chi connectivity index (χ2n) is 21.5. The van der Waals surface area contributed by atoms with Crippen molar-refractivity contribution in [3.8, 4) is 0 Å². The molecule has 33 N–H and O–H groups in total.